The number of fused-ring (bicyclic) bond motifs is 1. The SMILES string of the molecule is COC(=O)c1cc(-c2ccccc2)nc2c1c(=O)[nH]c(=S)n2[C@H](C)c1ccccc1. The van der Waals surface area contributed by atoms with Gasteiger partial charge in [-0.15, -0.1) is 0 Å². The number of esters is 1. The highest BCUT2D eigenvalue weighted by atomic mass is 32.1. The van der Waals surface area contributed by atoms with Crippen molar-refractivity contribution in [1.82, 2.24) is 14.5 Å². The van der Waals surface area contributed by atoms with Crippen molar-refractivity contribution in [3.8, 4) is 11.3 Å². The highest BCUT2D eigenvalue weighted by molar-refractivity contribution is 7.71. The standard InChI is InChI=1S/C23H19N3O3S/c1-14(15-9-5-3-6-10-15)26-20-19(21(27)25-23(26)30)17(22(28)29-2)13-18(24-20)16-11-7-4-8-12-16/h3-14H,1-2H3,(H,25,27,30)/t14-/m1/s1. The number of nitrogens with zero attached hydrogens (tertiary/aromatic N) is 2. The van der Waals surface area contributed by atoms with Gasteiger partial charge in [-0.05, 0) is 30.8 Å². The van der Waals surface area contributed by atoms with Gasteiger partial charge >= 0.3 is 5.97 Å². The highest BCUT2D eigenvalue weighted by Crippen LogP contribution is 2.27. The Hall–Kier alpha value is -3.58. The number of carbonyl (C=O) groups excluding carboxylic acids is 1. The number of benzene rings is 2. The zero-order valence-corrected chi connectivity index (χ0v) is 17.3. The van der Waals surface area contributed by atoms with E-state index in [1.54, 1.807) is 10.6 Å². The van der Waals surface area contributed by atoms with E-state index in [2.05, 4.69) is 4.98 Å². The van der Waals surface area contributed by atoms with Gasteiger partial charge in [0, 0.05) is 5.56 Å². The van der Waals surface area contributed by atoms with Crippen LogP contribution in [0.5, 0.6) is 0 Å². The predicted molar refractivity (Wildman–Crippen MR) is 118 cm³/mol. The van der Waals surface area contributed by atoms with E-state index in [4.69, 9.17) is 21.9 Å². The van der Waals surface area contributed by atoms with Crippen LogP contribution >= 0.6 is 12.2 Å². The van der Waals surface area contributed by atoms with Crippen LogP contribution in [0.3, 0.4) is 0 Å². The Morgan fingerprint density at radius 3 is 2.37 bits per heavy atom. The van der Waals surface area contributed by atoms with Gasteiger partial charge in [-0.2, -0.15) is 0 Å². The lowest BCUT2D eigenvalue weighted by Crippen LogP contribution is -2.21. The highest BCUT2D eigenvalue weighted by Gasteiger charge is 2.22. The maximum Gasteiger partial charge on any atom is 0.338 e. The van der Waals surface area contributed by atoms with E-state index in [0.29, 0.717) is 11.3 Å². The maximum absolute atomic E-state index is 12.8. The van der Waals surface area contributed by atoms with E-state index in [9.17, 15) is 9.59 Å². The molecule has 1 atom stereocenters. The number of methoxy groups -OCH3 is 1. The molecule has 0 amide bonds. The molecule has 0 saturated carbocycles. The summed E-state index contributed by atoms with van der Waals surface area (Å²) in [6.07, 6.45) is 0. The van der Waals surface area contributed by atoms with E-state index >= 15 is 0 Å². The Morgan fingerprint density at radius 1 is 1.10 bits per heavy atom. The number of aromatic amines is 1. The molecule has 7 heteroatoms. The molecule has 30 heavy (non-hydrogen) atoms. The van der Waals surface area contributed by atoms with Gasteiger partial charge in [0.2, 0.25) is 0 Å². The summed E-state index contributed by atoms with van der Waals surface area (Å²) in [5, 5.41) is 0.151. The molecular weight excluding hydrogens is 398 g/mol. The van der Waals surface area contributed by atoms with Crippen molar-refractivity contribution in [3.63, 3.8) is 0 Å². The van der Waals surface area contributed by atoms with Crippen LogP contribution in [-0.2, 0) is 4.74 Å². The third kappa shape index (κ3) is 3.44. The monoisotopic (exact) mass is 417 g/mol. The molecule has 0 unspecified atom stereocenters. The minimum Gasteiger partial charge on any atom is -0.465 e. The molecule has 0 aliphatic carbocycles. The Labute approximate surface area is 177 Å². The van der Waals surface area contributed by atoms with Crippen LogP contribution in [0, 0.1) is 4.77 Å². The molecule has 1 N–H and O–H groups in total. The molecule has 4 rings (SSSR count). The lowest BCUT2D eigenvalue weighted by Gasteiger charge is -2.20. The fourth-order valence-electron chi connectivity index (χ4n) is 3.51. The first-order valence-corrected chi connectivity index (χ1v) is 9.80. The summed E-state index contributed by atoms with van der Waals surface area (Å²) >= 11 is 5.49. The molecule has 6 nitrogen and oxygen atoms in total. The van der Waals surface area contributed by atoms with E-state index < -0.39 is 11.5 Å². The molecule has 150 valence electrons. The second kappa shape index (κ2) is 8.04. The van der Waals surface area contributed by atoms with Gasteiger partial charge in [0.15, 0.2) is 4.77 Å². The van der Waals surface area contributed by atoms with Crippen LogP contribution in [0.25, 0.3) is 22.3 Å². The largest absolute Gasteiger partial charge is 0.465 e. The number of hydrogen-bond acceptors (Lipinski definition) is 5. The molecule has 0 spiro atoms. The summed E-state index contributed by atoms with van der Waals surface area (Å²) in [7, 11) is 1.28. The Kier molecular flexibility index (Phi) is 5.29. The van der Waals surface area contributed by atoms with Gasteiger partial charge in [-0.25, -0.2) is 9.78 Å². The quantitative estimate of drug-likeness (QED) is 0.390. The molecule has 0 fully saturated rings. The predicted octanol–water partition coefficient (Wildman–Crippen LogP) is 4.52. The van der Waals surface area contributed by atoms with E-state index in [-0.39, 0.29) is 21.8 Å². The van der Waals surface area contributed by atoms with Crippen molar-refractivity contribution < 1.29 is 9.53 Å². The van der Waals surface area contributed by atoms with Crippen LogP contribution in [0.2, 0.25) is 0 Å². The van der Waals surface area contributed by atoms with Gasteiger partial charge in [-0.1, -0.05) is 60.7 Å². The van der Waals surface area contributed by atoms with Crippen LogP contribution < -0.4 is 5.56 Å². The summed E-state index contributed by atoms with van der Waals surface area (Å²) in [5.41, 5.74) is 2.37. The van der Waals surface area contributed by atoms with Gasteiger partial charge in [0.1, 0.15) is 5.65 Å². The summed E-state index contributed by atoms with van der Waals surface area (Å²) in [6, 6.07) is 20.6. The molecule has 0 radical (unpaired) electrons. The normalized spacial score (nSPS) is 11.9. The van der Waals surface area contributed by atoms with Gasteiger partial charge < -0.3 is 4.74 Å². The van der Waals surface area contributed by atoms with Crippen LogP contribution in [0.15, 0.2) is 71.5 Å². The number of rotatable bonds is 4. The molecule has 2 aromatic heterocycles. The fourth-order valence-corrected chi connectivity index (χ4v) is 3.85. The number of pyridine rings is 1. The summed E-state index contributed by atoms with van der Waals surface area (Å²) < 4.78 is 6.95. The second-order valence-corrected chi connectivity index (χ2v) is 7.21. The molecule has 2 aromatic carbocycles. The zero-order valence-electron chi connectivity index (χ0n) is 16.5. The fraction of sp³-hybridized carbons (Fsp3) is 0.130. The average Bonchev–Trinajstić information content (AvgIpc) is 2.78. The smallest absolute Gasteiger partial charge is 0.338 e. The average molecular weight is 417 g/mol. The van der Waals surface area contributed by atoms with Gasteiger partial charge in [-0.3, -0.25) is 14.3 Å². The van der Waals surface area contributed by atoms with Crippen molar-refractivity contribution in [2.24, 2.45) is 0 Å². The number of aromatic nitrogens is 3. The minimum absolute atomic E-state index is 0.145. The first-order chi connectivity index (χ1) is 14.5. The topological polar surface area (TPSA) is 77.0 Å². The minimum atomic E-state index is -0.610. The van der Waals surface area contributed by atoms with Crippen LogP contribution in [0.4, 0.5) is 0 Å². The van der Waals surface area contributed by atoms with Crippen molar-refractivity contribution in [2.45, 2.75) is 13.0 Å². The molecule has 0 aliphatic rings. The first kappa shape index (κ1) is 19.7. The number of ether oxygens (including phenoxy) is 1. The molecule has 2 heterocycles. The number of carbonyl (C=O) groups is 1. The zero-order chi connectivity index (χ0) is 21.3. The maximum atomic E-state index is 12.8. The van der Waals surface area contributed by atoms with Crippen molar-refractivity contribution in [1.29, 1.82) is 0 Å². The summed E-state index contributed by atoms with van der Waals surface area (Å²) in [4.78, 5) is 32.8. The lowest BCUT2D eigenvalue weighted by molar-refractivity contribution is 0.0603. The van der Waals surface area contributed by atoms with Crippen molar-refractivity contribution >= 4 is 29.2 Å². The third-order valence-electron chi connectivity index (χ3n) is 5.04. The van der Waals surface area contributed by atoms with Gasteiger partial charge in [0.05, 0.1) is 29.8 Å². The number of hydrogen-bond donors (Lipinski definition) is 1. The third-order valence-corrected chi connectivity index (χ3v) is 5.34. The van der Waals surface area contributed by atoms with Gasteiger partial charge in [0.25, 0.3) is 5.56 Å². The van der Waals surface area contributed by atoms with E-state index in [1.807, 2.05) is 67.6 Å². The molecule has 4 aromatic rings. The Bertz CT molecular complexity index is 1350. The van der Waals surface area contributed by atoms with Crippen molar-refractivity contribution in [3.05, 3.63) is 93.0 Å². The number of nitrogens with one attached hydrogen (secondary N) is 1. The lowest BCUT2D eigenvalue weighted by atomic mass is 10.1. The number of H-pyrrole nitrogens is 1. The Balaban J connectivity index is 2.11. The molecule has 0 aliphatic heterocycles. The molecule has 0 saturated heterocycles. The second-order valence-electron chi connectivity index (χ2n) is 6.83. The first-order valence-electron chi connectivity index (χ1n) is 9.39. The van der Waals surface area contributed by atoms with E-state index in [0.717, 1.165) is 11.1 Å². The summed E-state index contributed by atoms with van der Waals surface area (Å²) in [5.74, 6) is -0.610. The molecule has 0 bridgehead atoms. The summed E-state index contributed by atoms with van der Waals surface area (Å²) in [6.45, 7) is 1.97. The van der Waals surface area contributed by atoms with Crippen LogP contribution in [0.1, 0.15) is 28.9 Å². The van der Waals surface area contributed by atoms with E-state index in [1.165, 1.54) is 7.11 Å². The van der Waals surface area contributed by atoms with Crippen molar-refractivity contribution in [2.75, 3.05) is 7.11 Å². The molecular formula is C23H19N3O3S. The van der Waals surface area contributed by atoms with Crippen LogP contribution in [-0.4, -0.2) is 27.6 Å². The Morgan fingerprint density at radius 2 is 1.73 bits per heavy atom.